The number of nitrogens with zero attached hydrogens (tertiary/aromatic N) is 1. The summed E-state index contributed by atoms with van der Waals surface area (Å²) in [7, 11) is 0. The summed E-state index contributed by atoms with van der Waals surface area (Å²) in [6, 6.07) is 10.1. The maximum Gasteiger partial charge on any atom is 0.322 e. The lowest BCUT2D eigenvalue weighted by atomic mass is 10.2. The van der Waals surface area contributed by atoms with Gasteiger partial charge in [-0.1, -0.05) is 0 Å². The molecule has 0 unspecified atom stereocenters. The van der Waals surface area contributed by atoms with E-state index in [1.165, 1.54) is 0 Å². The number of carbonyl (C=O) groups excluding carboxylic acids is 1. The SMILES string of the molecule is Cc1ccc(N)c(Nc2ccc(C(=O)NCC(=O)O)cc2)n1. The molecule has 1 aromatic heterocycles. The Morgan fingerprint density at radius 2 is 1.86 bits per heavy atom. The minimum atomic E-state index is -1.09. The zero-order valence-corrected chi connectivity index (χ0v) is 12.0. The zero-order valence-electron chi connectivity index (χ0n) is 12.0. The normalized spacial score (nSPS) is 10.0. The third-order valence-electron chi connectivity index (χ3n) is 2.88. The largest absolute Gasteiger partial charge is 0.480 e. The van der Waals surface area contributed by atoms with Gasteiger partial charge in [0.05, 0.1) is 5.69 Å². The molecule has 0 saturated heterocycles. The number of aliphatic carboxylic acids is 1. The topological polar surface area (TPSA) is 117 Å². The van der Waals surface area contributed by atoms with Crippen molar-refractivity contribution in [2.45, 2.75) is 6.92 Å². The number of hydrogen-bond donors (Lipinski definition) is 4. The molecule has 0 radical (unpaired) electrons. The van der Waals surface area contributed by atoms with E-state index in [-0.39, 0.29) is 0 Å². The van der Waals surface area contributed by atoms with Crippen LogP contribution >= 0.6 is 0 Å². The van der Waals surface area contributed by atoms with Gasteiger partial charge in [-0.25, -0.2) is 4.98 Å². The van der Waals surface area contributed by atoms with E-state index in [0.29, 0.717) is 17.1 Å². The summed E-state index contributed by atoms with van der Waals surface area (Å²) in [6.07, 6.45) is 0. The van der Waals surface area contributed by atoms with Crippen molar-refractivity contribution in [1.29, 1.82) is 0 Å². The first-order chi connectivity index (χ1) is 10.5. The Balaban J connectivity index is 2.07. The van der Waals surface area contributed by atoms with Crippen molar-refractivity contribution in [1.82, 2.24) is 10.3 Å². The molecule has 0 aliphatic heterocycles. The number of nitrogens with two attached hydrogens (primary N) is 1. The predicted octanol–water partition coefficient (Wildman–Crippen LogP) is 1.53. The van der Waals surface area contributed by atoms with Gasteiger partial charge in [-0.15, -0.1) is 0 Å². The lowest BCUT2D eigenvalue weighted by molar-refractivity contribution is -0.135. The van der Waals surface area contributed by atoms with E-state index in [0.717, 1.165) is 11.4 Å². The van der Waals surface area contributed by atoms with Crippen LogP contribution in [0.1, 0.15) is 16.1 Å². The Hall–Kier alpha value is -3.09. The van der Waals surface area contributed by atoms with Crippen molar-refractivity contribution in [3.05, 3.63) is 47.7 Å². The fraction of sp³-hybridized carbons (Fsp3) is 0.133. The van der Waals surface area contributed by atoms with E-state index in [4.69, 9.17) is 10.8 Å². The number of nitrogens with one attached hydrogen (secondary N) is 2. The molecule has 0 saturated carbocycles. The zero-order chi connectivity index (χ0) is 16.1. The van der Waals surface area contributed by atoms with Gasteiger partial charge in [0, 0.05) is 16.9 Å². The quantitative estimate of drug-likeness (QED) is 0.665. The Kier molecular flexibility index (Phi) is 4.57. The smallest absolute Gasteiger partial charge is 0.322 e. The third-order valence-corrected chi connectivity index (χ3v) is 2.88. The Bertz CT molecular complexity index is 698. The average Bonchev–Trinajstić information content (AvgIpc) is 2.49. The number of carboxylic acid groups (broad SMARTS) is 1. The number of nitrogen functional groups attached to an aromatic ring is 1. The molecule has 0 aliphatic carbocycles. The van der Waals surface area contributed by atoms with Crippen LogP contribution in [0.15, 0.2) is 36.4 Å². The van der Waals surface area contributed by atoms with Crippen molar-refractivity contribution < 1.29 is 14.7 Å². The van der Waals surface area contributed by atoms with Crippen LogP contribution in [0.3, 0.4) is 0 Å². The number of anilines is 3. The van der Waals surface area contributed by atoms with Crippen LogP contribution < -0.4 is 16.4 Å². The minimum absolute atomic E-state index is 0.372. The fourth-order valence-electron chi connectivity index (χ4n) is 1.77. The Morgan fingerprint density at radius 1 is 1.18 bits per heavy atom. The molecule has 7 nitrogen and oxygen atoms in total. The number of carbonyl (C=O) groups is 2. The van der Waals surface area contributed by atoms with Crippen LogP contribution in [0.5, 0.6) is 0 Å². The fourth-order valence-corrected chi connectivity index (χ4v) is 1.77. The molecule has 0 fully saturated rings. The molecule has 7 heteroatoms. The van der Waals surface area contributed by atoms with E-state index in [1.54, 1.807) is 30.3 Å². The lowest BCUT2D eigenvalue weighted by Crippen LogP contribution is -2.29. The van der Waals surface area contributed by atoms with Gasteiger partial charge in [-0.05, 0) is 43.3 Å². The van der Waals surface area contributed by atoms with Crippen LogP contribution in [0.4, 0.5) is 17.2 Å². The number of aryl methyl sites for hydroxylation is 1. The molecule has 2 rings (SSSR count). The van der Waals surface area contributed by atoms with Gasteiger partial charge in [-0.2, -0.15) is 0 Å². The monoisotopic (exact) mass is 300 g/mol. The molecule has 114 valence electrons. The standard InChI is InChI=1S/C15H16N4O3/c1-9-2-7-12(16)14(18-9)19-11-5-3-10(4-6-11)15(22)17-8-13(20)21/h2-7H,8,16H2,1H3,(H,17,22)(H,18,19)(H,20,21). The van der Waals surface area contributed by atoms with E-state index in [9.17, 15) is 9.59 Å². The van der Waals surface area contributed by atoms with E-state index < -0.39 is 18.4 Å². The highest BCUT2D eigenvalue weighted by molar-refractivity contribution is 5.96. The van der Waals surface area contributed by atoms with Crippen molar-refractivity contribution in [3.8, 4) is 0 Å². The summed E-state index contributed by atoms with van der Waals surface area (Å²) >= 11 is 0. The highest BCUT2D eigenvalue weighted by Gasteiger charge is 2.07. The highest BCUT2D eigenvalue weighted by atomic mass is 16.4. The van der Waals surface area contributed by atoms with Crippen LogP contribution in [0.2, 0.25) is 0 Å². The summed E-state index contributed by atoms with van der Waals surface area (Å²) in [5, 5.41) is 13.9. The second-order valence-electron chi connectivity index (χ2n) is 4.67. The summed E-state index contributed by atoms with van der Waals surface area (Å²) in [5.41, 5.74) is 8.29. The molecule has 1 aromatic carbocycles. The van der Waals surface area contributed by atoms with Gasteiger partial charge < -0.3 is 21.5 Å². The number of aromatic nitrogens is 1. The summed E-state index contributed by atoms with van der Waals surface area (Å²) < 4.78 is 0. The molecule has 0 spiro atoms. The molecule has 5 N–H and O–H groups in total. The van der Waals surface area contributed by atoms with Crippen molar-refractivity contribution >= 4 is 29.1 Å². The molecule has 1 amide bonds. The van der Waals surface area contributed by atoms with Crippen molar-refractivity contribution in [2.24, 2.45) is 0 Å². The number of amides is 1. The average molecular weight is 300 g/mol. The van der Waals surface area contributed by atoms with Gasteiger partial charge in [0.25, 0.3) is 5.91 Å². The van der Waals surface area contributed by atoms with Gasteiger partial charge in [0.2, 0.25) is 0 Å². The highest BCUT2D eigenvalue weighted by Crippen LogP contribution is 2.21. The van der Waals surface area contributed by atoms with Crippen LogP contribution in [-0.2, 0) is 4.79 Å². The molecular formula is C15H16N4O3. The first kappa shape index (κ1) is 15.3. The van der Waals surface area contributed by atoms with Gasteiger partial charge in [0.1, 0.15) is 6.54 Å². The second kappa shape index (κ2) is 6.57. The molecule has 0 atom stereocenters. The number of hydrogen-bond acceptors (Lipinski definition) is 5. The van der Waals surface area contributed by atoms with E-state index in [2.05, 4.69) is 15.6 Å². The maximum absolute atomic E-state index is 11.7. The Labute approximate surface area is 127 Å². The number of benzene rings is 1. The predicted molar refractivity (Wildman–Crippen MR) is 83.1 cm³/mol. The van der Waals surface area contributed by atoms with Crippen molar-refractivity contribution in [3.63, 3.8) is 0 Å². The second-order valence-corrected chi connectivity index (χ2v) is 4.67. The van der Waals surface area contributed by atoms with Crippen LogP contribution in [0.25, 0.3) is 0 Å². The first-order valence-corrected chi connectivity index (χ1v) is 6.56. The summed E-state index contributed by atoms with van der Waals surface area (Å²) in [4.78, 5) is 26.4. The maximum atomic E-state index is 11.7. The third kappa shape index (κ3) is 3.95. The summed E-state index contributed by atoms with van der Waals surface area (Å²) in [5.74, 6) is -0.988. The molecule has 22 heavy (non-hydrogen) atoms. The van der Waals surface area contributed by atoms with E-state index >= 15 is 0 Å². The number of carboxylic acids is 1. The van der Waals surface area contributed by atoms with E-state index in [1.807, 2.05) is 13.0 Å². The number of pyridine rings is 1. The van der Waals surface area contributed by atoms with Crippen LogP contribution in [0, 0.1) is 6.92 Å². The molecule has 2 aromatic rings. The lowest BCUT2D eigenvalue weighted by Gasteiger charge is -2.09. The van der Waals surface area contributed by atoms with Crippen molar-refractivity contribution in [2.75, 3.05) is 17.6 Å². The first-order valence-electron chi connectivity index (χ1n) is 6.56. The molecule has 0 aliphatic rings. The number of rotatable bonds is 5. The van der Waals surface area contributed by atoms with Crippen LogP contribution in [-0.4, -0.2) is 28.5 Å². The molecule has 1 heterocycles. The van der Waals surface area contributed by atoms with Gasteiger partial charge in [-0.3, -0.25) is 9.59 Å². The summed E-state index contributed by atoms with van der Waals surface area (Å²) in [6.45, 7) is 1.45. The van der Waals surface area contributed by atoms with Gasteiger partial charge >= 0.3 is 5.97 Å². The minimum Gasteiger partial charge on any atom is -0.480 e. The molecule has 0 bridgehead atoms. The Morgan fingerprint density at radius 3 is 2.50 bits per heavy atom. The molecular weight excluding hydrogens is 284 g/mol. The van der Waals surface area contributed by atoms with Gasteiger partial charge in [0.15, 0.2) is 5.82 Å².